The van der Waals surface area contributed by atoms with E-state index in [2.05, 4.69) is 6.92 Å². The summed E-state index contributed by atoms with van der Waals surface area (Å²) in [6.07, 6.45) is 4.16. The predicted octanol–water partition coefficient (Wildman–Crippen LogP) is 2.95. The molecule has 0 spiro atoms. The first-order valence-electron chi connectivity index (χ1n) is 5.60. The van der Waals surface area contributed by atoms with Gasteiger partial charge < -0.3 is 4.74 Å². The Bertz CT molecular complexity index is 336. The van der Waals surface area contributed by atoms with Gasteiger partial charge in [0.05, 0.1) is 5.92 Å². The third kappa shape index (κ3) is 2.38. The number of carbonyl (C=O) groups is 1. The molecule has 2 rings (SSSR count). The number of hydrogen-bond donors (Lipinski definition) is 0. The van der Waals surface area contributed by atoms with E-state index in [1.807, 2.05) is 24.3 Å². The molecule has 0 unspecified atom stereocenters. The minimum atomic E-state index is -0.0644. The second-order valence-electron chi connectivity index (χ2n) is 4.05. The van der Waals surface area contributed by atoms with E-state index in [-0.39, 0.29) is 11.9 Å². The van der Waals surface area contributed by atoms with E-state index < -0.39 is 0 Å². The summed E-state index contributed by atoms with van der Waals surface area (Å²) in [6.45, 7) is 2.11. The standard InChI is InChI=1S/C13H16O2/c1-2-10-6-8-12(9-7-10)15-13(14)11-4-3-5-11/h6-9,11H,2-5H2,1H3. The fourth-order valence-corrected chi connectivity index (χ4v) is 1.64. The average molecular weight is 204 g/mol. The van der Waals surface area contributed by atoms with E-state index in [1.54, 1.807) is 0 Å². The maximum Gasteiger partial charge on any atom is 0.314 e. The monoisotopic (exact) mass is 204 g/mol. The molecule has 80 valence electrons. The number of carbonyl (C=O) groups excluding carboxylic acids is 1. The molecule has 2 nitrogen and oxygen atoms in total. The van der Waals surface area contributed by atoms with Gasteiger partial charge in [0.25, 0.3) is 0 Å². The van der Waals surface area contributed by atoms with Crippen molar-refractivity contribution in [3.05, 3.63) is 29.8 Å². The Hall–Kier alpha value is -1.31. The number of hydrogen-bond acceptors (Lipinski definition) is 2. The Morgan fingerprint density at radius 3 is 2.47 bits per heavy atom. The summed E-state index contributed by atoms with van der Waals surface area (Å²) >= 11 is 0. The Morgan fingerprint density at radius 2 is 2.00 bits per heavy atom. The smallest absolute Gasteiger partial charge is 0.314 e. The highest BCUT2D eigenvalue weighted by Crippen LogP contribution is 2.28. The van der Waals surface area contributed by atoms with Crippen molar-refractivity contribution in [1.82, 2.24) is 0 Å². The Balaban J connectivity index is 1.94. The fourth-order valence-electron chi connectivity index (χ4n) is 1.64. The van der Waals surface area contributed by atoms with E-state index in [4.69, 9.17) is 4.74 Å². The van der Waals surface area contributed by atoms with Crippen LogP contribution < -0.4 is 4.74 Å². The molecule has 1 saturated carbocycles. The molecular formula is C13H16O2. The SMILES string of the molecule is CCc1ccc(OC(=O)C2CCC2)cc1. The van der Waals surface area contributed by atoms with Crippen LogP contribution in [0.15, 0.2) is 24.3 Å². The summed E-state index contributed by atoms with van der Waals surface area (Å²) in [5.74, 6) is 0.755. The van der Waals surface area contributed by atoms with E-state index in [0.29, 0.717) is 5.75 Å². The van der Waals surface area contributed by atoms with Gasteiger partial charge in [-0.15, -0.1) is 0 Å². The van der Waals surface area contributed by atoms with Crippen LogP contribution >= 0.6 is 0 Å². The Labute approximate surface area is 90.3 Å². The normalized spacial score (nSPS) is 15.8. The lowest BCUT2D eigenvalue weighted by molar-refractivity contribution is -0.141. The molecule has 0 bridgehead atoms. The third-order valence-electron chi connectivity index (χ3n) is 2.99. The summed E-state index contributed by atoms with van der Waals surface area (Å²) < 4.78 is 5.28. The number of ether oxygens (including phenoxy) is 1. The van der Waals surface area contributed by atoms with Gasteiger partial charge in [0.1, 0.15) is 5.75 Å². The average Bonchev–Trinajstić information content (AvgIpc) is 2.16. The summed E-state index contributed by atoms with van der Waals surface area (Å²) in [7, 11) is 0. The van der Waals surface area contributed by atoms with Gasteiger partial charge in [-0.3, -0.25) is 4.79 Å². The highest BCUT2D eigenvalue weighted by atomic mass is 16.5. The number of benzene rings is 1. The lowest BCUT2D eigenvalue weighted by Crippen LogP contribution is -2.26. The van der Waals surface area contributed by atoms with Crippen LogP contribution in [-0.4, -0.2) is 5.97 Å². The zero-order valence-electron chi connectivity index (χ0n) is 9.03. The van der Waals surface area contributed by atoms with Crippen molar-refractivity contribution in [3.63, 3.8) is 0 Å². The molecule has 1 aromatic carbocycles. The van der Waals surface area contributed by atoms with Crippen LogP contribution in [0.2, 0.25) is 0 Å². The van der Waals surface area contributed by atoms with Crippen LogP contribution in [0, 0.1) is 5.92 Å². The molecule has 2 heteroatoms. The van der Waals surface area contributed by atoms with Crippen LogP contribution in [-0.2, 0) is 11.2 Å². The van der Waals surface area contributed by atoms with Crippen LogP contribution in [0.4, 0.5) is 0 Å². The molecule has 15 heavy (non-hydrogen) atoms. The molecule has 0 saturated heterocycles. The molecule has 1 aromatic rings. The van der Waals surface area contributed by atoms with Gasteiger partial charge >= 0.3 is 5.97 Å². The van der Waals surface area contributed by atoms with E-state index in [1.165, 1.54) is 5.56 Å². The van der Waals surface area contributed by atoms with Crippen molar-refractivity contribution >= 4 is 5.97 Å². The van der Waals surface area contributed by atoms with Crippen LogP contribution in [0.1, 0.15) is 31.7 Å². The van der Waals surface area contributed by atoms with Crippen LogP contribution in [0.3, 0.4) is 0 Å². The molecular weight excluding hydrogens is 188 g/mol. The molecule has 0 amide bonds. The van der Waals surface area contributed by atoms with Crippen molar-refractivity contribution in [1.29, 1.82) is 0 Å². The molecule has 0 aliphatic heterocycles. The summed E-state index contributed by atoms with van der Waals surface area (Å²) in [4.78, 5) is 11.5. The van der Waals surface area contributed by atoms with Gasteiger partial charge in [0.15, 0.2) is 0 Å². The molecule has 1 fully saturated rings. The topological polar surface area (TPSA) is 26.3 Å². The molecule has 0 aromatic heterocycles. The predicted molar refractivity (Wildman–Crippen MR) is 58.8 cm³/mol. The lowest BCUT2D eigenvalue weighted by atomic mass is 9.86. The molecule has 0 radical (unpaired) electrons. The highest BCUT2D eigenvalue weighted by molar-refractivity contribution is 5.75. The maximum atomic E-state index is 11.5. The first-order chi connectivity index (χ1) is 7.29. The minimum absolute atomic E-state index is 0.0644. The molecule has 0 heterocycles. The molecule has 0 atom stereocenters. The highest BCUT2D eigenvalue weighted by Gasteiger charge is 2.26. The summed E-state index contributed by atoms with van der Waals surface area (Å²) in [5.41, 5.74) is 1.26. The zero-order chi connectivity index (χ0) is 10.7. The second kappa shape index (κ2) is 4.47. The zero-order valence-corrected chi connectivity index (χ0v) is 9.03. The van der Waals surface area contributed by atoms with Crippen molar-refractivity contribution in [3.8, 4) is 5.75 Å². The van der Waals surface area contributed by atoms with Gasteiger partial charge in [-0.25, -0.2) is 0 Å². The molecule has 0 N–H and O–H groups in total. The van der Waals surface area contributed by atoms with Crippen LogP contribution in [0.25, 0.3) is 0 Å². The van der Waals surface area contributed by atoms with Gasteiger partial charge in [0, 0.05) is 0 Å². The van der Waals surface area contributed by atoms with Crippen molar-refractivity contribution in [2.24, 2.45) is 5.92 Å². The van der Waals surface area contributed by atoms with E-state index >= 15 is 0 Å². The first-order valence-corrected chi connectivity index (χ1v) is 5.60. The Morgan fingerprint density at radius 1 is 1.33 bits per heavy atom. The van der Waals surface area contributed by atoms with Gasteiger partial charge in [-0.2, -0.15) is 0 Å². The van der Waals surface area contributed by atoms with Gasteiger partial charge in [-0.05, 0) is 37.0 Å². The largest absolute Gasteiger partial charge is 0.426 e. The maximum absolute atomic E-state index is 11.5. The Kier molecular flexibility index (Phi) is 3.05. The molecule has 1 aliphatic carbocycles. The van der Waals surface area contributed by atoms with Crippen molar-refractivity contribution in [2.45, 2.75) is 32.6 Å². The number of esters is 1. The van der Waals surface area contributed by atoms with Gasteiger partial charge in [-0.1, -0.05) is 25.5 Å². The van der Waals surface area contributed by atoms with E-state index in [9.17, 15) is 4.79 Å². The minimum Gasteiger partial charge on any atom is -0.426 e. The van der Waals surface area contributed by atoms with Crippen molar-refractivity contribution < 1.29 is 9.53 Å². The van der Waals surface area contributed by atoms with Crippen LogP contribution in [0.5, 0.6) is 5.75 Å². The lowest BCUT2D eigenvalue weighted by Gasteiger charge is -2.22. The van der Waals surface area contributed by atoms with E-state index in [0.717, 1.165) is 25.7 Å². The summed E-state index contributed by atoms with van der Waals surface area (Å²) in [5, 5.41) is 0. The van der Waals surface area contributed by atoms with Gasteiger partial charge in [0.2, 0.25) is 0 Å². The fraction of sp³-hybridized carbons (Fsp3) is 0.462. The first kappa shape index (κ1) is 10.2. The second-order valence-corrected chi connectivity index (χ2v) is 4.05. The number of aryl methyl sites for hydroxylation is 1. The quantitative estimate of drug-likeness (QED) is 0.559. The number of rotatable bonds is 3. The van der Waals surface area contributed by atoms with Crippen molar-refractivity contribution in [2.75, 3.05) is 0 Å². The molecule has 1 aliphatic rings. The third-order valence-corrected chi connectivity index (χ3v) is 2.99. The summed E-state index contributed by atoms with van der Waals surface area (Å²) in [6, 6.07) is 7.75.